The molecule has 1 atom stereocenters. The number of pyridine rings is 1. The highest BCUT2D eigenvalue weighted by Gasteiger charge is 2.30. The van der Waals surface area contributed by atoms with Crippen LogP contribution in [0.25, 0.3) is 0 Å². The van der Waals surface area contributed by atoms with Crippen molar-refractivity contribution in [3.05, 3.63) is 76.6 Å². The molecule has 0 spiro atoms. The maximum Gasteiger partial charge on any atom is 0.255 e. The third kappa shape index (κ3) is 3.42. The largest absolute Gasteiger partial charge is 0.439 e. The van der Waals surface area contributed by atoms with Crippen LogP contribution in [0, 0.1) is 0 Å². The van der Waals surface area contributed by atoms with Crippen LogP contribution in [-0.4, -0.2) is 22.3 Å². The molecule has 0 N–H and O–H groups in total. The third-order valence-corrected chi connectivity index (χ3v) is 5.09. The number of carbonyl (C=O) groups is 1. The van der Waals surface area contributed by atoms with Crippen molar-refractivity contribution in [1.82, 2.24) is 9.88 Å². The summed E-state index contributed by atoms with van der Waals surface area (Å²) in [5, 5.41) is 4.19. The number of benzene rings is 1. The molecule has 126 valence electrons. The Labute approximate surface area is 150 Å². The molecule has 4 nitrogen and oxygen atoms in total. The van der Waals surface area contributed by atoms with E-state index in [0.717, 1.165) is 25.1 Å². The van der Waals surface area contributed by atoms with Crippen molar-refractivity contribution in [2.75, 3.05) is 6.54 Å². The summed E-state index contributed by atoms with van der Waals surface area (Å²) < 4.78 is 5.68. The lowest BCUT2D eigenvalue weighted by atomic mass is 10.1. The molecule has 0 bridgehead atoms. The maximum absolute atomic E-state index is 12.9. The van der Waals surface area contributed by atoms with Crippen molar-refractivity contribution < 1.29 is 9.53 Å². The average molecular weight is 350 g/mol. The molecule has 1 amide bonds. The van der Waals surface area contributed by atoms with Crippen molar-refractivity contribution in [3.8, 4) is 11.6 Å². The zero-order valence-corrected chi connectivity index (χ0v) is 14.5. The first-order valence-electron chi connectivity index (χ1n) is 8.33. The number of para-hydroxylation sites is 1. The highest BCUT2D eigenvalue weighted by atomic mass is 32.1. The van der Waals surface area contributed by atoms with Gasteiger partial charge in [-0.3, -0.25) is 4.79 Å². The van der Waals surface area contributed by atoms with Gasteiger partial charge >= 0.3 is 0 Å². The van der Waals surface area contributed by atoms with Crippen molar-refractivity contribution in [2.24, 2.45) is 0 Å². The molecule has 1 aromatic carbocycles. The van der Waals surface area contributed by atoms with Gasteiger partial charge in [-0.2, -0.15) is 11.3 Å². The van der Waals surface area contributed by atoms with E-state index in [9.17, 15) is 4.79 Å². The van der Waals surface area contributed by atoms with Crippen LogP contribution in [0.5, 0.6) is 11.6 Å². The zero-order valence-electron chi connectivity index (χ0n) is 13.7. The number of thiophene rings is 1. The average Bonchev–Trinajstić information content (AvgIpc) is 3.34. The van der Waals surface area contributed by atoms with E-state index < -0.39 is 0 Å². The quantitative estimate of drug-likeness (QED) is 0.671. The number of carbonyl (C=O) groups excluding carboxylic acids is 1. The minimum atomic E-state index is 0.0347. The van der Waals surface area contributed by atoms with Crippen molar-refractivity contribution >= 4 is 17.2 Å². The molecule has 1 aliphatic rings. The summed E-state index contributed by atoms with van der Waals surface area (Å²) in [6.07, 6.45) is 3.66. The fraction of sp³-hybridized carbons (Fsp3) is 0.200. The molecule has 3 heterocycles. The second-order valence-corrected chi connectivity index (χ2v) is 6.79. The Morgan fingerprint density at radius 1 is 1.16 bits per heavy atom. The Balaban J connectivity index is 1.49. The van der Waals surface area contributed by atoms with Gasteiger partial charge in [-0.1, -0.05) is 18.2 Å². The van der Waals surface area contributed by atoms with Crippen molar-refractivity contribution in [1.29, 1.82) is 0 Å². The first kappa shape index (κ1) is 15.8. The Bertz CT molecular complexity index is 832. The summed E-state index contributed by atoms with van der Waals surface area (Å²) in [6, 6.07) is 15.3. The molecule has 4 rings (SSSR count). The molecule has 2 aromatic heterocycles. The minimum Gasteiger partial charge on any atom is -0.439 e. The topological polar surface area (TPSA) is 42.4 Å². The lowest BCUT2D eigenvalue weighted by Gasteiger charge is -2.24. The number of aromatic nitrogens is 1. The maximum atomic E-state index is 12.9. The van der Waals surface area contributed by atoms with E-state index in [1.54, 1.807) is 29.7 Å². The van der Waals surface area contributed by atoms with Gasteiger partial charge in [0.25, 0.3) is 5.91 Å². The van der Waals surface area contributed by atoms with E-state index in [1.807, 2.05) is 35.2 Å². The molecule has 1 unspecified atom stereocenters. The van der Waals surface area contributed by atoms with Gasteiger partial charge < -0.3 is 9.64 Å². The Morgan fingerprint density at radius 2 is 2.04 bits per heavy atom. The summed E-state index contributed by atoms with van der Waals surface area (Å²) in [5.74, 6) is 1.25. The number of nitrogens with zero attached hydrogens (tertiary/aromatic N) is 2. The number of rotatable bonds is 4. The van der Waals surface area contributed by atoms with Crippen LogP contribution in [0.4, 0.5) is 0 Å². The predicted octanol–water partition coefficient (Wildman–Crippen LogP) is 4.91. The lowest BCUT2D eigenvalue weighted by molar-refractivity contribution is 0.0735. The number of likely N-dealkylation sites (tertiary alicyclic amines) is 1. The van der Waals surface area contributed by atoms with Gasteiger partial charge in [0.1, 0.15) is 5.75 Å². The predicted molar refractivity (Wildman–Crippen MR) is 98.1 cm³/mol. The molecule has 1 saturated heterocycles. The number of hydrogen-bond acceptors (Lipinski definition) is 4. The fourth-order valence-corrected chi connectivity index (χ4v) is 3.87. The van der Waals surface area contributed by atoms with Crippen LogP contribution < -0.4 is 4.74 Å². The third-order valence-electron chi connectivity index (χ3n) is 4.39. The number of ether oxygens (including phenoxy) is 1. The zero-order chi connectivity index (χ0) is 17.1. The Hall–Kier alpha value is -2.66. The Morgan fingerprint density at radius 3 is 2.76 bits per heavy atom. The van der Waals surface area contributed by atoms with Gasteiger partial charge in [-0.05, 0) is 53.4 Å². The second kappa shape index (κ2) is 7.07. The van der Waals surface area contributed by atoms with Gasteiger partial charge in [0.05, 0.1) is 11.6 Å². The van der Waals surface area contributed by atoms with Crippen LogP contribution in [-0.2, 0) is 0 Å². The summed E-state index contributed by atoms with van der Waals surface area (Å²) in [6.45, 7) is 0.793. The summed E-state index contributed by atoms with van der Waals surface area (Å²) in [7, 11) is 0. The number of hydrogen-bond donors (Lipinski definition) is 0. The highest BCUT2D eigenvalue weighted by molar-refractivity contribution is 7.08. The van der Waals surface area contributed by atoms with Gasteiger partial charge in [-0.15, -0.1) is 0 Å². The molecular formula is C20H18N2O2S. The lowest BCUT2D eigenvalue weighted by Crippen LogP contribution is -2.30. The summed E-state index contributed by atoms with van der Waals surface area (Å²) >= 11 is 1.67. The Kier molecular flexibility index (Phi) is 4.48. The second-order valence-electron chi connectivity index (χ2n) is 6.01. The standard InChI is InChI=1S/C20H18N2O2S/c23-20(22-11-4-7-18(22)16-10-12-25-14-16)15-8-9-19(21-13-15)24-17-5-2-1-3-6-17/h1-3,5-6,8-10,12-14,18H,4,7,11H2. The summed E-state index contributed by atoms with van der Waals surface area (Å²) in [5.41, 5.74) is 1.83. The fourth-order valence-electron chi connectivity index (χ4n) is 3.16. The van der Waals surface area contributed by atoms with E-state index in [2.05, 4.69) is 21.8 Å². The van der Waals surface area contributed by atoms with Crippen LogP contribution in [0.3, 0.4) is 0 Å². The molecule has 1 fully saturated rings. The molecule has 0 radical (unpaired) electrons. The molecular weight excluding hydrogens is 332 g/mol. The van der Waals surface area contributed by atoms with Crippen molar-refractivity contribution in [3.63, 3.8) is 0 Å². The van der Waals surface area contributed by atoms with Gasteiger partial charge in [-0.25, -0.2) is 4.98 Å². The monoisotopic (exact) mass is 350 g/mol. The molecule has 1 aliphatic heterocycles. The van der Waals surface area contributed by atoms with Gasteiger partial charge in [0, 0.05) is 18.8 Å². The van der Waals surface area contributed by atoms with Crippen LogP contribution in [0.1, 0.15) is 34.8 Å². The van der Waals surface area contributed by atoms with Crippen LogP contribution in [0.2, 0.25) is 0 Å². The van der Waals surface area contributed by atoms with E-state index in [-0.39, 0.29) is 11.9 Å². The molecule has 5 heteroatoms. The summed E-state index contributed by atoms with van der Waals surface area (Å²) in [4.78, 5) is 19.1. The van der Waals surface area contributed by atoms with Crippen LogP contribution in [0.15, 0.2) is 65.5 Å². The van der Waals surface area contributed by atoms with Gasteiger partial charge in [0.2, 0.25) is 5.88 Å². The number of amides is 1. The molecule has 3 aromatic rings. The van der Waals surface area contributed by atoms with Crippen molar-refractivity contribution in [2.45, 2.75) is 18.9 Å². The minimum absolute atomic E-state index is 0.0347. The first-order chi connectivity index (χ1) is 12.3. The van der Waals surface area contributed by atoms with Crippen LogP contribution >= 0.6 is 11.3 Å². The normalized spacial score (nSPS) is 16.8. The first-order valence-corrected chi connectivity index (χ1v) is 9.27. The molecule has 0 saturated carbocycles. The smallest absolute Gasteiger partial charge is 0.255 e. The van der Waals surface area contributed by atoms with Gasteiger partial charge in [0.15, 0.2) is 0 Å². The van der Waals surface area contributed by atoms with E-state index in [0.29, 0.717) is 11.4 Å². The molecule has 25 heavy (non-hydrogen) atoms. The SMILES string of the molecule is O=C(c1ccc(Oc2ccccc2)nc1)N1CCCC1c1ccsc1. The van der Waals surface area contributed by atoms with E-state index >= 15 is 0 Å². The van der Waals surface area contributed by atoms with E-state index in [1.165, 1.54) is 5.56 Å². The van der Waals surface area contributed by atoms with E-state index in [4.69, 9.17) is 4.74 Å². The highest BCUT2D eigenvalue weighted by Crippen LogP contribution is 2.34. The molecule has 0 aliphatic carbocycles.